The summed E-state index contributed by atoms with van der Waals surface area (Å²) in [6.07, 6.45) is 3.68. The largest absolute Gasteiger partial charge is 0.263 e. The summed E-state index contributed by atoms with van der Waals surface area (Å²) in [5.41, 5.74) is 1.47. The third kappa shape index (κ3) is 1.90. The minimum Gasteiger partial charge on any atom is -0.263 e. The van der Waals surface area contributed by atoms with Crippen LogP contribution in [-0.4, -0.2) is 15.2 Å². The second-order valence-electron chi connectivity index (χ2n) is 4.98. The van der Waals surface area contributed by atoms with Crippen molar-refractivity contribution < 1.29 is 0 Å². The first-order valence-corrected chi connectivity index (χ1v) is 7.12. The van der Waals surface area contributed by atoms with Gasteiger partial charge in [0.1, 0.15) is 5.82 Å². The summed E-state index contributed by atoms with van der Waals surface area (Å²) in [7, 11) is 0. The molecule has 1 N–H and O–H groups in total. The Morgan fingerprint density at radius 3 is 3.12 bits per heavy atom. The first kappa shape index (κ1) is 11.0. The molecule has 2 heterocycles. The van der Waals surface area contributed by atoms with Crippen LogP contribution in [0, 0.1) is 0 Å². The number of aryl methyl sites for hydroxylation is 1. The van der Waals surface area contributed by atoms with Gasteiger partial charge in [0.05, 0.1) is 0 Å². The van der Waals surface area contributed by atoms with E-state index in [1.54, 1.807) is 0 Å². The average molecular weight is 247 g/mol. The van der Waals surface area contributed by atoms with E-state index in [1.165, 1.54) is 29.7 Å². The molecule has 0 aromatic carbocycles. The minimum atomic E-state index is 0.394. The quantitative estimate of drug-likeness (QED) is 0.883. The predicted molar refractivity (Wildman–Crippen MR) is 69.6 cm³/mol. The van der Waals surface area contributed by atoms with Gasteiger partial charge in [-0.1, -0.05) is 13.8 Å². The zero-order valence-corrected chi connectivity index (χ0v) is 11.0. The van der Waals surface area contributed by atoms with E-state index in [9.17, 15) is 0 Å². The van der Waals surface area contributed by atoms with Crippen molar-refractivity contribution in [1.29, 1.82) is 0 Å². The lowest BCUT2D eigenvalue weighted by atomic mass is 9.87. The standard InChI is InChI=1S/C13H17N3S/c1-8(2)12-14-13(16-15-12)10-4-3-5-11-9(10)6-7-17-11/h6-8,10H,3-5H2,1-2H3,(H,14,15,16). The van der Waals surface area contributed by atoms with Crippen LogP contribution in [0.25, 0.3) is 0 Å². The molecule has 0 saturated carbocycles. The Balaban J connectivity index is 1.95. The Morgan fingerprint density at radius 2 is 2.35 bits per heavy atom. The molecule has 0 fully saturated rings. The maximum absolute atomic E-state index is 4.65. The van der Waals surface area contributed by atoms with Gasteiger partial charge in [-0.3, -0.25) is 5.10 Å². The van der Waals surface area contributed by atoms with Gasteiger partial charge in [-0.05, 0) is 36.3 Å². The van der Waals surface area contributed by atoms with Crippen molar-refractivity contribution in [1.82, 2.24) is 15.2 Å². The number of aromatic nitrogens is 3. The van der Waals surface area contributed by atoms with Crippen LogP contribution in [0.5, 0.6) is 0 Å². The van der Waals surface area contributed by atoms with Crippen LogP contribution in [0.4, 0.5) is 0 Å². The molecule has 4 heteroatoms. The number of hydrogen-bond acceptors (Lipinski definition) is 3. The monoisotopic (exact) mass is 247 g/mol. The van der Waals surface area contributed by atoms with Crippen molar-refractivity contribution in [2.45, 2.75) is 44.9 Å². The first-order valence-electron chi connectivity index (χ1n) is 6.24. The lowest BCUT2D eigenvalue weighted by Crippen LogP contribution is -2.10. The van der Waals surface area contributed by atoms with Crippen molar-refractivity contribution >= 4 is 11.3 Å². The van der Waals surface area contributed by atoms with Gasteiger partial charge < -0.3 is 0 Å². The molecular formula is C13H17N3S. The molecule has 2 aromatic heterocycles. The number of nitrogens with one attached hydrogen (secondary N) is 1. The minimum absolute atomic E-state index is 0.394. The molecular weight excluding hydrogens is 230 g/mol. The zero-order chi connectivity index (χ0) is 11.8. The molecule has 1 atom stereocenters. The molecule has 17 heavy (non-hydrogen) atoms. The summed E-state index contributed by atoms with van der Waals surface area (Å²) in [6.45, 7) is 4.26. The smallest absolute Gasteiger partial charge is 0.153 e. The number of rotatable bonds is 2. The maximum Gasteiger partial charge on any atom is 0.153 e. The van der Waals surface area contributed by atoms with Crippen LogP contribution in [0.15, 0.2) is 11.4 Å². The van der Waals surface area contributed by atoms with Crippen molar-refractivity contribution in [2.24, 2.45) is 0 Å². The van der Waals surface area contributed by atoms with E-state index in [2.05, 4.69) is 40.5 Å². The third-order valence-corrected chi connectivity index (χ3v) is 4.41. The Bertz CT molecular complexity index is 512. The summed E-state index contributed by atoms with van der Waals surface area (Å²) in [4.78, 5) is 6.18. The highest BCUT2D eigenvalue weighted by Gasteiger charge is 2.25. The fraction of sp³-hybridized carbons (Fsp3) is 0.538. The van der Waals surface area contributed by atoms with E-state index in [0.29, 0.717) is 11.8 Å². The Morgan fingerprint density at radius 1 is 1.47 bits per heavy atom. The number of H-pyrrole nitrogens is 1. The van der Waals surface area contributed by atoms with Crippen LogP contribution in [-0.2, 0) is 6.42 Å². The number of thiophene rings is 1. The summed E-state index contributed by atoms with van der Waals surface area (Å²) in [5.74, 6) is 2.81. The molecule has 0 radical (unpaired) electrons. The molecule has 0 saturated heterocycles. The Kier molecular flexibility index (Phi) is 2.74. The highest BCUT2D eigenvalue weighted by atomic mass is 32.1. The van der Waals surface area contributed by atoms with Gasteiger partial charge in [0, 0.05) is 16.7 Å². The van der Waals surface area contributed by atoms with Crippen molar-refractivity contribution in [3.05, 3.63) is 33.5 Å². The van der Waals surface area contributed by atoms with Gasteiger partial charge in [0.2, 0.25) is 0 Å². The molecule has 1 unspecified atom stereocenters. The van der Waals surface area contributed by atoms with Gasteiger partial charge in [-0.15, -0.1) is 11.3 Å². The Hall–Kier alpha value is -1.16. The van der Waals surface area contributed by atoms with E-state index in [0.717, 1.165) is 11.6 Å². The van der Waals surface area contributed by atoms with E-state index < -0.39 is 0 Å². The molecule has 3 nitrogen and oxygen atoms in total. The van der Waals surface area contributed by atoms with Gasteiger partial charge in [0.25, 0.3) is 0 Å². The summed E-state index contributed by atoms with van der Waals surface area (Å²) in [6, 6.07) is 2.25. The van der Waals surface area contributed by atoms with Gasteiger partial charge >= 0.3 is 0 Å². The maximum atomic E-state index is 4.65. The first-order chi connectivity index (χ1) is 8.25. The number of fused-ring (bicyclic) bond motifs is 1. The summed E-state index contributed by atoms with van der Waals surface area (Å²) < 4.78 is 0. The van der Waals surface area contributed by atoms with Crippen LogP contribution in [0.3, 0.4) is 0 Å². The SMILES string of the molecule is CC(C)c1n[nH]c(C2CCCc3sccc32)n1. The molecule has 0 bridgehead atoms. The topological polar surface area (TPSA) is 41.6 Å². The molecule has 0 amide bonds. The Labute approximate surface area is 105 Å². The third-order valence-electron chi connectivity index (χ3n) is 3.42. The summed E-state index contributed by atoms with van der Waals surface area (Å²) in [5, 5.41) is 9.64. The number of hydrogen-bond donors (Lipinski definition) is 1. The van der Waals surface area contributed by atoms with E-state index in [-0.39, 0.29) is 0 Å². The molecule has 2 aromatic rings. The van der Waals surface area contributed by atoms with E-state index >= 15 is 0 Å². The molecule has 1 aliphatic carbocycles. The fourth-order valence-corrected chi connectivity index (χ4v) is 3.46. The van der Waals surface area contributed by atoms with Crippen LogP contribution < -0.4 is 0 Å². The van der Waals surface area contributed by atoms with Crippen LogP contribution in [0.1, 0.15) is 60.6 Å². The van der Waals surface area contributed by atoms with E-state index in [1.807, 2.05) is 11.3 Å². The highest BCUT2D eigenvalue weighted by molar-refractivity contribution is 7.10. The van der Waals surface area contributed by atoms with Gasteiger partial charge in [-0.25, -0.2) is 4.98 Å². The average Bonchev–Trinajstić information content (AvgIpc) is 2.97. The van der Waals surface area contributed by atoms with Crippen molar-refractivity contribution in [3.8, 4) is 0 Å². The molecule has 90 valence electrons. The second-order valence-corrected chi connectivity index (χ2v) is 5.98. The highest BCUT2D eigenvalue weighted by Crippen LogP contribution is 2.37. The molecule has 3 rings (SSSR count). The number of aromatic amines is 1. The predicted octanol–water partition coefficient (Wildman–Crippen LogP) is 3.46. The fourth-order valence-electron chi connectivity index (χ4n) is 2.47. The molecule has 0 spiro atoms. The van der Waals surface area contributed by atoms with Crippen molar-refractivity contribution in [2.75, 3.05) is 0 Å². The second kappa shape index (κ2) is 4.26. The number of nitrogens with zero attached hydrogens (tertiary/aromatic N) is 2. The lowest BCUT2D eigenvalue weighted by Gasteiger charge is -2.20. The lowest BCUT2D eigenvalue weighted by molar-refractivity contribution is 0.599. The van der Waals surface area contributed by atoms with Gasteiger partial charge in [0.15, 0.2) is 5.82 Å². The molecule has 0 aliphatic heterocycles. The van der Waals surface area contributed by atoms with Crippen LogP contribution >= 0.6 is 11.3 Å². The zero-order valence-electron chi connectivity index (χ0n) is 10.2. The van der Waals surface area contributed by atoms with Gasteiger partial charge in [-0.2, -0.15) is 5.10 Å². The molecule has 1 aliphatic rings. The summed E-state index contributed by atoms with van der Waals surface area (Å²) >= 11 is 1.87. The van der Waals surface area contributed by atoms with Crippen molar-refractivity contribution in [3.63, 3.8) is 0 Å². The normalized spacial score (nSPS) is 19.6. The van der Waals surface area contributed by atoms with Crippen LogP contribution in [0.2, 0.25) is 0 Å². The van der Waals surface area contributed by atoms with E-state index in [4.69, 9.17) is 0 Å².